The predicted molar refractivity (Wildman–Crippen MR) is 180 cm³/mol. The molecule has 0 spiro atoms. The van der Waals surface area contributed by atoms with Crippen LogP contribution in [0.5, 0.6) is 5.88 Å². The van der Waals surface area contributed by atoms with E-state index in [9.17, 15) is 0 Å². The lowest BCUT2D eigenvalue weighted by Gasteiger charge is -2.41. The van der Waals surface area contributed by atoms with Crippen molar-refractivity contribution < 1.29 is 24.5 Å². The van der Waals surface area contributed by atoms with Gasteiger partial charge in [-0.2, -0.15) is 5.10 Å². The maximum absolute atomic E-state index is 9.00. The molecule has 2 aliphatic rings. The molecule has 1 saturated heterocycles. The van der Waals surface area contributed by atoms with E-state index in [4.69, 9.17) is 35.4 Å². The van der Waals surface area contributed by atoms with E-state index >= 15 is 0 Å². The van der Waals surface area contributed by atoms with E-state index in [-0.39, 0.29) is 0 Å². The fraction of sp³-hybridized carbons (Fsp3) is 0.455. The second-order valence-corrected chi connectivity index (χ2v) is 11.7. The molecule has 0 atom stereocenters. The molecule has 4 aromatic rings. The number of pyridine rings is 1. The van der Waals surface area contributed by atoms with Crippen molar-refractivity contribution in [2.75, 3.05) is 51.4 Å². The number of rotatable bonds is 7. The van der Waals surface area contributed by atoms with E-state index in [0.717, 1.165) is 73.3 Å². The summed E-state index contributed by atoms with van der Waals surface area (Å²) in [5, 5.41) is 24.2. The summed E-state index contributed by atoms with van der Waals surface area (Å²) in [6, 6.07) is 13.2. The van der Waals surface area contributed by atoms with Crippen molar-refractivity contribution in [2.45, 2.75) is 58.2 Å². The van der Waals surface area contributed by atoms with E-state index < -0.39 is 11.9 Å². The number of fused-ring (bicyclic) bond motifs is 1. The number of hydrogen-bond donors (Lipinski definition) is 4. The van der Waals surface area contributed by atoms with Crippen LogP contribution in [0.25, 0.3) is 22.3 Å². The van der Waals surface area contributed by atoms with Crippen LogP contribution in [0.4, 0.5) is 11.5 Å². The molecule has 1 saturated carbocycles. The van der Waals surface area contributed by atoms with Gasteiger partial charge in [0, 0.05) is 75.6 Å². The third-order valence-electron chi connectivity index (χ3n) is 8.27. The standard InChI is InChI=1S/C29H37N9O.2C2H4O2/c1-36-14-16-37(17-15-36)23-9-11-24(12-10-23)38-28-25(27(30)33-19-34-28)26(35-38)20-5-7-22(8-6-20)32-18-21-4-3-13-31-29(21)39-2;2*1-2(3)4/h3-8,13,19,23-24,32H,9-12,14-18H2,1-2H3,(H2,30,33,34);2*1H3,(H,3,4). The Hall–Kier alpha value is -4.82. The van der Waals surface area contributed by atoms with Crippen molar-refractivity contribution in [2.24, 2.45) is 0 Å². The first kappa shape index (κ1) is 35.0. The average molecular weight is 648 g/mol. The van der Waals surface area contributed by atoms with Crippen LogP contribution in [0.1, 0.15) is 51.1 Å². The van der Waals surface area contributed by atoms with Gasteiger partial charge < -0.3 is 30.9 Å². The zero-order valence-corrected chi connectivity index (χ0v) is 27.5. The molecule has 0 radical (unpaired) electrons. The summed E-state index contributed by atoms with van der Waals surface area (Å²) in [5.74, 6) is -0.565. The summed E-state index contributed by atoms with van der Waals surface area (Å²) in [7, 11) is 3.85. The molecule has 6 rings (SSSR count). The van der Waals surface area contributed by atoms with Crippen LogP contribution in [0.3, 0.4) is 0 Å². The quantitative estimate of drug-likeness (QED) is 0.226. The number of piperazine rings is 1. The van der Waals surface area contributed by atoms with Gasteiger partial charge in [0.1, 0.15) is 17.8 Å². The van der Waals surface area contributed by atoms with Gasteiger partial charge in [0.05, 0.1) is 18.5 Å². The molecule has 1 aromatic carbocycles. The van der Waals surface area contributed by atoms with Crippen molar-refractivity contribution >= 4 is 34.5 Å². The highest BCUT2D eigenvalue weighted by atomic mass is 16.5. The lowest BCUT2D eigenvalue weighted by atomic mass is 9.90. The summed E-state index contributed by atoms with van der Waals surface area (Å²) in [4.78, 5) is 36.3. The first-order valence-electron chi connectivity index (χ1n) is 15.7. The minimum absolute atomic E-state index is 0.315. The second kappa shape index (κ2) is 16.7. The van der Waals surface area contributed by atoms with Crippen molar-refractivity contribution in [3.63, 3.8) is 0 Å². The third kappa shape index (κ3) is 9.59. The number of anilines is 2. The Labute approximate surface area is 274 Å². The molecule has 1 aliphatic carbocycles. The number of nitrogens with two attached hydrogens (primary N) is 1. The number of benzene rings is 1. The molecule has 3 aromatic heterocycles. The van der Waals surface area contributed by atoms with Crippen LogP contribution in [-0.4, -0.2) is 103 Å². The Morgan fingerprint density at radius 3 is 2.17 bits per heavy atom. The zero-order valence-electron chi connectivity index (χ0n) is 27.5. The molecule has 0 amide bonds. The number of ether oxygens (including phenoxy) is 1. The maximum atomic E-state index is 9.00. The number of nitrogens with zero attached hydrogens (tertiary/aromatic N) is 7. The SMILES string of the molecule is CC(=O)O.CC(=O)O.COc1ncccc1CNc1ccc(-c2nn(C3CCC(N4CCN(C)CC4)CC3)c3ncnc(N)c23)cc1. The molecule has 4 heterocycles. The van der Waals surface area contributed by atoms with Gasteiger partial charge in [-0.05, 0) is 50.9 Å². The highest BCUT2D eigenvalue weighted by molar-refractivity contribution is 5.98. The molecule has 2 fully saturated rings. The zero-order chi connectivity index (χ0) is 33.9. The van der Waals surface area contributed by atoms with Crippen LogP contribution >= 0.6 is 0 Å². The topological polar surface area (TPSA) is 185 Å². The summed E-state index contributed by atoms with van der Waals surface area (Å²) in [6.45, 7) is 7.45. The highest BCUT2D eigenvalue weighted by Gasteiger charge is 2.30. The number of carbonyl (C=O) groups is 2. The first-order chi connectivity index (χ1) is 22.6. The van der Waals surface area contributed by atoms with Gasteiger partial charge in [0.25, 0.3) is 11.9 Å². The predicted octanol–water partition coefficient (Wildman–Crippen LogP) is 4.00. The summed E-state index contributed by atoms with van der Waals surface area (Å²) < 4.78 is 7.48. The van der Waals surface area contributed by atoms with Crippen molar-refractivity contribution in [1.82, 2.24) is 34.5 Å². The lowest BCUT2D eigenvalue weighted by Crippen LogP contribution is -2.49. The number of carboxylic acids is 2. The monoisotopic (exact) mass is 647 g/mol. The first-order valence-corrected chi connectivity index (χ1v) is 15.7. The Morgan fingerprint density at radius 2 is 1.55 bits per heavy atom. The van der Waals surface area contributed by atoms with Gasteiger partial charge >= 0.3 is 0 Å². The number of hydrogen-bond acceptors (Lipinski definition) is 11. The molecule has 1 aliphatic heterocycles. The molecule has 47 heavy (non-hydrogen) atoms. The van der Waals surface area contributed by atoms with Crippen molar-refractivity contribution in [3.8, 4) is 17.1 Å². The highest BCUT2D eigenvalue weighted by Crippen LogP contribution is 2.37. The second-order valence-electron chi connectivity index (χ2n) is 11.7. The number of nitrogens with one attached hydrogen (secondary N) is 1. The maximum Gasteiger partial charge on any atom is 0.300 e. The Balaban J connectivity index is 0.000000564. The van der Waals surface area contributed by atoms with E-state index in [0.29, 0.717) is 30.3 Å². The Bertz CT molecular complexity index is 1590. The number of aliphatic carboxylic acids is 2. The van der Waals surface area contributed by atoms with Crippen LogP contribution in [0, 0.1) is 0 Å². The largest absolute Gasteiger partial charge is 0.481 e. The Kier molecular flexibility index (Phi) is 12.4. The Morgan fingerprint density at radius 1 is 0.936 bits per heavy atom. The van der Waals surface area contributed by atoms with E-state index in [1.54, 1.807) is 19.6 Å². The van der Waals surface area contributed by atoms with Crippen molar-refractivity contribution in [3.05, 3.63) is 54.5 Å². The van der Waals surface area contributed by atoms with Gasteiger partial charge in [0.2, 0.25) is 5.88 Å². The summed E-state index contributed by atoms with van der Waals surface area (Å²) in [5.41, 5.74) is 11.1. The number of likely N-dealkylation sites (N-methyl/N-ethyl adjacent to an activating group) is 1. The molecule has 0 bridgehead atoms. The fourth-order valence-electron chi connectivity index (χ4n) is 5.99. The number of methoxy groups -OCH3 is 1. The minimum atomic E-state index is -0.833. The molecule has 252 valence electrons. The van der Waals surface area contributed by atoms with E-state index in [2.05, 4.69) is 66.1 Å². The van der Waals surface area contributed by atoms with Crippen LogP contribution in [0.2, 0.25) is 0 Å². The summed E-state index contributed by atoms with van der Waals surface area (Å²) >= 11 is 0. The molecule has 0 unspecified atom stereocenters. The molecule has 5 N–H and O–H groups in total. The smallest absolute Gasteiger partial charge is 0.300 e. The van der Waals surface area contributed by atoms with Crippen LogP contribution < -0.4 is 15.8 Å². The fourth-order valence-corrected chi connectivity index (χ4v) is 5.99. The van der Waals surface area contributed by atoms with E-state index in [1.165, 1.54) is 25.9 Å². The normalized spacial score (nSPS) is 18.3. The molecule has 14 heteroatoms. The van der Waals surface area contributed by atoms with Gasteiger partial charge in [-0.15, -0.1) is 0 Å². The summed E-state index contributed by atoms with van der Waals surface area (Å²) in [6.07, 6.45) is 7.85. The third-order valence-corrected chi connectivity index (χ3v) is 8.27. The minimum Gasteiger partial charge on any atom is -0.481 e. The van der Waals surface area contributed by atoms with Gasteiger partial charge in [-0.1, -0.05) is 18.2 Å². The van der Waals surface area contributed by atoms with E-state index in [1.807, 2.05) is 12.1 Å². The van der Waals surface area contributed by atoms with Crippen molar-refractivity contribution in [1.29, 1.82) is 0 Å². The molecular weight excluding hydrogens is 602 g/mol. The molecule has 14 nitrogen and oxygen atoms in total. The van der Waals surface area contributed by atoms with Crippen LogP contribution in [0.15, 0.2) is 48.9 Å². The van der Waals surface area contributed by atoms with Gasteiger partial charge in [-0.25, -0.2) is 19.6 Å². The van der Waals surface area contributed by atoms with Gasteiger partial charge in [0.15, 0.2) is 5.65 Å². The number of nitrogen functional groups attached to an aromatic ring is 1. The van der Waals surface area contributed by atoms with Crippen LogP contribution in [-0.2, 0) is 16.1 Å². The van der Waals surface area contributed by atoms with Gasteiger partial charge in [-0.3, -0.25) is 14.5 Å². The number of aromatic nitrogens is 5. The molecular formula is C33H45N9O5. The average Bonchev–Trinajstić information content (AvgIpc) is 3.45. The lowest BCUT2D eigenvalue weighted by molar-refractivity contribution is -0.135. The number of carboxylic acid groups (broad SMARTS) is 2.